The summed E-state index contributed by atoms with van der Waals surface area (Å²) in [4.78, 5) is 24.0. The van der Waals surface area contributed by atoms with Crippen molar-refractivity contribution in [2.24, 2.45) is 5.73 Å². The number of nitrogens with two attached hydrogens (primary N) is 1. The molecule has 3 aromatic heterocycles. The zero-order valence-electron chi connectivity index (χ0n) is 14.1. The standard InChI is InChI=1S/C17H20N6OS/c1-11-15(25-10-20-11)9-22-7-3-2-4-13(22)14-5-6-19-17-12(16(18)24)8-21-23(14)17/h5-6,8,10,13H,2-4,7,9H2,1H3,(H2,18,24). The topological polar surface area (TPSA) is 89.4 Å². The van der Waals surface area contributed by atoms with Crippen LogP contribution in [-0.4, -0.2) is 36.9 Å². The van der Waals surface area contributed by atoms with E-state index in [9.17, 15) is 4.79 Å². The Labute approximate surface area is 149 Å². The molecule has 0 aromatic carbocycles. The van der Waals surface area contributed by atoms with Gasteiger partial charge in [0.05, 0.1) is 29.1 Å². The van der Waals surface area contributed by atoms with E-state index < -0.39 is 5.91 Å². The van der Waals surface area contributed by atoms with Crippen LogP contribution >= 0.6 is 11.3 Å². The van der Waals surface area contributed by atoms with Crippen molar-refractivity contribution in [3.8, 4) is 0 Å². The summed E-state index contributed by atoms with van der Waals surface area (Å²) in [5, 5.41) is 4.38. The van der Waals surface area contributed by atoms with Gasteiger partial charge in [-0.1, -0.05) is 6.42 Å². The number of fused-ring (bicyclic) bond motifs is 1. The van der Waals surface area contributed by atoms with Crippen LogP contribution in [0, 0.1) is 6.92 Å². The Balaban J connectivity index is 1.72. The van der Waals surface area contributed by atoms with Gasteiger partial charge in [0.2, 0.25) is 0 Å². The van der Waals surface area contributed by atoms with Crippen LogP contribution in [0.2, 0.25) is 0 Å². The van der Waals surface area contributed by atoms with Crippen molar-refractivity contribution in [3.05, 3.63) is 45.8 Å². The molecule has 0 spiro atoms. The molecule has 1 atom stereocenters. The highest BCUT2D eigenvalue weighted by molar-refractivity contribution is 7.09. The molecular formula is C17H20N6OS. The maximum Gasteiger partial charge on any atom is 0.254 e. The summed E-state index contributed by atoms with van der Waals surface area (Å²) in [7, 11) is 0. The molecule has 1 amide bonds. The smallest absolute Gasteiger partial charge is 0.254 e. The van der Waals surface area contributed by atoms with Crippen molar-refractivity contribution in [1.82, 2.24) is 24.5 Å². The molecule has 3 aromatic rings. The highest BCUT2D eigenvalue weighted by Gasteiger charge is 2.28. The first-order valence-corrected chi connectivity index (χ1v) is 9.28. The molecule has 130 valence electrons. The van der Waals surface area contributed by atoms with Gasteiger partial charge in [-0.25, -0.2) is 14.5 Å². The minimum Gasteiger partial charge on any atom is -0.365 e. The number of thiazole rings is 1. The molecule has 1 aliphatic heterocycles. The number of primary amides is 1. The Kier molecular flexibility index (Phi) is 4.22. The summed E-state index contributed by atoms with van der Waals surface area (Å²) >= 11 is 1.70. The number of aromatic nitrogens is 4. The molecule has 0 aliphatic carbocycles. The molecule has 8 heteroatoms. The van der Waals surface area contributed by atoms with E-state index >= 15 is 0 Å². The Morgan fingerprint density at radius 3 is 3.04 bits per heavy atom. The molecule has 2 N–H and O–H groups in total. The average Bonchev–Trinajstić information content (AvgIpc) is 3.22. The number of rotatable bonds is 4. The molecular weight excluding hydrogens is 336 g/mol. The van der Waals surface area contributed by atoms with Crippen molar-refractivity contribution in [2.75, 3.05) is 6.54 Å². The van der Waals surface area contributed by atoms with E-state index in [1.165, 1.54) is 23.9 Å². The van der Waals surface area contributed by atoms with E-state index in [4.69, 9.17) is 5.73 Å². The summed E-state index contributed by atoms with van der Waals surface area (Å²) < 4.78 is 1.77. The molecule has 1 aliphatic rings. The molecule has 1 saturated heterocycles. The second kappa shape index (κ2) is 6.53. The van der Waals surface area contributed by atoms with E-state index in [0.717, 1.165) is 30.9 Å². The molecule has 0 saturated carbocycles. The molecule has 25 heavy (non-hydrogen) atoms. The lowest BCUT2D eigenvalue weighted by molar-refractivity contribution is 0.100. The van der Waals surface area contributed by atoms with Crippen LogP contribution in [0.15, 0.2) is 24.0 Å². The summed E-state index contributed by atoms with van der Waals surface area (Å²) in [6, 6.07) is 2.23. The van der Waals surface area contributed by atoms with Gasteiger partial charge in [-0.3, -0.25) is 9.69 Å². The Morgan fingerprint density at radius 2 is 2.28 bits per heavy atom. The van der Waals surface area contributed by atoms with Crippen molar-refractivity contribution >= 4 is 22.9 Å². The summed E-state index contributed by atoms with van der Waals surface area (Å²) in [5.41, 5.74) is 10.4. The number of nitrogens with zero attached hydrogens (tertiary/aromatic N) is 5. The maximum atomic E-state index is 11.6. The fourth-order valence-electron chi connectivity index (χ4n) is 3.51. The predicted octanol–water partition coefficient (Wildman–Crippen LogP) is 2.32. The van der Waals surface area contributed by atoms with Crippen molar-refractivity contribution in [2.45, 2.75) is 38.8 Å². The monoisotopic (exact) mass is 356 g/mol. The lowest BCUT2D eigenvalue weighted by Crippen LogP contribution is -2.34. The zero-order valence-corrected chi connectivity index (χ0v) is 14.9. The number of likely N-dealkylation sites (tertiary alicyclic amines) is 1. The van der Waals surface area contributed by atoms with Gasteiger partial charge in [-0.05, 0) is 32.4 Å². The second-order valence-corrected chi connectivity index (χ2v) is 7.31. The van der Waals surface area contributed by atoms with E-state index in [2.05, 4.69) is 26.9 Å². The third-order valence-corrected chi connectivity index (χ3v) is 5.76. The van der Waals surface area contributed by atoms with Crippen molar-refractivity contribution in [1.29, 1.82) is 0 Å². The number of hydrogen-bond acceptors (Lipinski definition) is 6. The molecule has 4 heterocycles. The highest BCUT2D eigenvalue weighted by Crippen LogP contribution is 2.33. The van der Waals surface area contributed by atoms with Crippen LogP contribution in [0.3, 0.4) is 0 Å². The van der Waals surface area contributed by atoms with Gasteiger partial charge in [-0.2, -0.15) is 5.10 Å². The van der Waals surface area contributed by atoms with E-state index in [1.54, 1.807) is 22.0 Å². The number of carbonyl (C=O) groups excluding carboxylic acids is 1. The predicted molar refractivity (Wildman–Crippen MR) is 95.4 cm³/mol. The zero-order chi connectivity index (χ0) is 17.4. The van der Waals surface area contributed by atoms with Crippen LogP contribution in [0.5, 0.6) is 0 Å². The van der Waals surface area contributed by atoms with Crippen LogP contribution in [0.1, 0.15) is 51.9 Å². The van der Waals surface area contributed by atoms with Gasteiger partial charge in [0.25, 0.3) is 5.91 Å². The van der Waals surface area contributed by atoms with Crippen LogP contribution in [0.25, 0.3) is 5.65 Å². The van der Waals surface area contributed by atoms with Gasteiger partial charge in [0, 0.05) is 17.6 Å². The van der Waals surface area contributed by atoms with E-state index in [1.807, 2.05) is 11.6 Å². The second-order valence-electron chi connectivity index (χ2n) is 6.37. The SMILES string of the molecule is Cc1ncsc1CN1CCCCC1c1ccnc2c(C(N)=O)cnn12. The Bertz CT molecular complexity index is 917. The first-order valence-electron chi connectivity index (χ1n) is 8.40. The van der Waals surface area contributed by atoms with Crippen LogP contribution in [-0.2, 0) is 6.54 Å². The highest BCUT2D eigenvalue weighted by atomic mass is 32.1. The first-order chi connectivity index (χ1) is 12.1. The molecule has 1 fully saturated rings. The van der Waals surface area contributed by atoms with E-state index in [0.29, 0.717) is 11.2 Å². The molecule has 0 bridgehead atoms. The van der Waals surface area contributed by atoms with Gasteiger partial charge in [0.1, 0.15) is 5.56 Å². The number of carbonyl (C=O) groups is 1. The van der Waals surface area contributed by atoms with Crippen molar-refractivity contribution in [3.63, 3.8) is 0 Å². The number of hydrogen-bond donors (Lipinski definition) is 1. The van der Waals surface area contributed by atoms with Gasteiger partial charge >= 0.3 is 0 Å². The fraction of sp³-hybridized carbons (Fsp3) is 0.412. The largest absolute Gasteiger partial charge is 0.365 e. The lowest BCUT2D eigenvalue weighted by atomic mass is 9.99. The molecule has 0 radical (unpaired) electrons. The maximum absolute atomic E-state index is 11.6. The van der Waals surface area contributed by atoms with Crippen LogP contribution in [0.4, 0.5) is 0 Å². The summed E-state index contributed by atoms with van der Waals surface area (Å²) in [6.07, 6.45) is 6.67. The molecule has 4 rings (SSSR count). The Hall–Kier alpha value is -2.32. The number of amides is 1. The van der Waals surface area contributed by atoms with Gasteiger partial charge in [-0.15, -0.1) is 11.3 Å². The van der Waals surface area contributed by atoms with Gasteiger partial charge in [0.15, 0.2) is 5.65 Å². The van der Waals surface area contributed by atoms with Crippen molar-refractivity contribution < 1.29 is 4.79 Å². The lowest BCUT2D eigenvalue weighted by Gasteiger charge is -2.35. The third kappa shape index (κ3) is 2.91. The summed E-state index contributed by atoms with van der Waals surface area (Å²) in [6.45, 7) is 3.98. The number of piperidine rings is 1. The number of aryl methyl sites for hydroxylation is 1. The summed E-state index contributed by atoms with van der Waals surface area (Å²) in [5.74, 6) is -0.500. The van der Waals surface area contributed by atoms with Gasteiger partial charge < -0.3 is 5.73 Å². The fourth-order valence-corrected chi connectivity index (χ4v) is 4.32. The average molecular weight is 356 g/mol. The minimum absolute atomic E-state index is 0.237. The minimum atomic E-state index is -0.500. The quantitative estimate of drug-likeness (QED) is 0.775. The van der Waals surface area contributed by atoms with E-state index in [-0.39, 0.29) is 6.04 Å². The third-order valence-electron chi connectivity index (χ3n) is 4.84. The molecule has 1 unspecified atom stereocenters. The Morgan fingerprint density at radius 1 is 1.40 bits per heavy atom. The molecule has 7 nitrogen and oxygen atoms in total. The normalized spacial score (nSPS) is 18.7. The first kappa shape index (κ1) is 16.2. The van der Waals surface area contributed by atoms with Crippen LogP contribution < -0.4 is 5.73 Å².